The lowest BCUT2D eigenvalue weighted by molar-refractivity contribution is -0.136. The Morgan fingerprint density at radius 1 is 0.939 bits per heavy atom. The van der Waals surface area contributed by atoms with Crippen LogP contribution in [0.1, 0.15) is 54.3 Å². The molecule has 1 aliphatic rings. The molecular weight excluding hydrogens is 414 g/mol. The van der Waals surface area contributed by atoms with E-state index in [9.17, 15) is 9.59 Å². The molecule has 0 bridgehead atoms. The third-order valence-corrected chi connectivity index (χ3v) is 6.43. The maximum atomic E-state index is 13.1. The fraction of sp³-hybridized carbons (Fsp3) is 0.385. The van der Waals surface area contributed by atoms with Crippen LogP contribution < -0.4 is 0 Å². The molecule has 0 unspecified atom stereocenters. The molecular formula is C26H31N5O2. The molecule has 1 saturated heterocycles. The molecule has 172 valence electrons. The molecule has 7 heteroatoms. The van der Waals surface area contributed by atoms with E-state index in [1.807, 2.05) is 55.1 Å². The minimum atomic E-state index is -0.168. The SMILES string of the molecule is CCN(CC)C(=O)C1CCN(C(=O)c2cn(C(c3ccccc3)c3ccccc3)nn2)CC1. The third-order valence-electron chi connectivity index (χ3n) is 6.43. The van der Waals surface area contributed by atoms with E-state index >= 15 is 0 Å². The molecule has 1 fully saturated rings. The Balaban J connectivity index is 1.49. The Morgan fingerprint density at radius 2 is 1.48 bits per heavy atom. The molecule has 0 atom stereocenters. The molecule has 0 spiro atoms. The second-order valence-corrected chi connectivity index (χ2v) is 8.38. The number of piperidine rings is 1. The summed E-state index contributed by atoms with van der Waals surface area (Å²) < 4.78 is 1.76. The molecule has 0 aliphatic carbocycles. The van der Waals surface area contributed by atoms with Gasteiger partial charge in [-0.15, -0.1) is 5.10 Å². The second kappa shape index (κ2) is 10.4. The lowest BCUT2D eigenvalue weighted by Gasteiger charge is -2.33. The molecule has 0 saturated carbocycles. The Labute approximate surface area is 195 Å². The first-order chi connectivity index (χ1) is 16.1. The fourth-order valence-corrected chi connectivity index (χ4v) is 4.55. The van der Waals surface area contributed by atoms with Gasteiger partial charge in [0, 0.05) is 32.1 Å². The highest BCUT2D eigenvalue weighted by Crippen LogP contribution is 2.26. The molecule has 4 rings (SSSR count). The van der Waals surface area contributed by atoms with Crippen molar-refractivity contribution in [3.8, 4) is 0 Å². The van der Waals surface area contributed by atoms with Crippen LogP contribution >= 0.6 is 0 Å². The first-order valence-electron chi connectivity index (χ1n) is 11.7. The van der Waals surface area contributed by atoms with Crippen molar-refractivity contribution in [2.24, 2.45) is 5.92 Å². The molecule has 7 nitrogen and oxygen atoms in total. The topological polar surface area (TPSA) is 71.3 Å². The van der Waals surface area contributed by atoms with Crippen molar-refractivity contribution in [2.75, 3.05) is 26.2 Å². The minimum absolute atomic E-state index is 0.00910. The highest BCUT2D eigenvalue weighted by atomic mass is 16.2. The predicted octanol–water partition coefficient (Wildman–Crippen LogP) is 3.64. The van der Waals surface area contributed by atoms with Crippen molar-refractivity contribution in [1.29, 1.82) is 0 Å². The van der Waals surface area contributed by atoms with Crippen LogP contribution in [0.4, 0.5) is 0 Å². The molecule has 2 amide bonds. The summed E-state index contributed by atoms with van der Waals surface area (Å²) in [7, 11) is 0. The number of nitrogens with zero attached hydrogens (tertiary/aromatic N) is 5. The van der Waals surface area contributed by atoms with Gasteiger partial charge >= 0.3 is 0 Å². The monoisotopic (exact) mass is 445 g/mol. The van der Waals surface area contributed by atoms with Crippen LogP contribution in [0.2, 0.25) is 0 Å². The average molecular weight is 446 g/mol. The summed E-state index contributed by atoms with van der Waals surface area (Å²) in [5.74, 6) is 0.0617. The molecule has 1 aromatic heterocycles. The van der Waals surface area contributed by atoms with Crippen LogP contribution in [-0.2, 0) is 4.79 Å². The predicted molar refractivity (Wildman–Crippen MR) is 127 cm³/mol. The van der Waals surface area contributed by atoms with E-state index < -0.39 is 0 Å². The molecule has 3 aromatic rings. The maximum Gasteiger partial charge on any atom is 0.276 e. The highest BCUT2D eigenvalue weighted by molar-refractivity contribution is 5.92. The van der Waals surface area contributed by atoms with Gasteiger partial charge in [-0.25, -0.2) is 4.68 Å². The molecule has 0 radical (unpaired) electrons. The Morgan fingerprint density at radius 3 is 2.00 bits per heavy atom. The average Bonchev–Trinajstić information content (AvgIpc) is 3.35. The van der Waals surface area contributed by atoms with Gasteiger partial charge in [-0.1, -0.05) is 65.9 Å². The number of amides is 2. The number of aromatic nitrogens is 3. The van der Waals surface area contributed by atoms with E-state index in [1.165, 1.54) is 0 Å². The fourth-order valence-electron chi connectivity index (χ4n) is 4.55. The lowest BCUT2D eigenvalue weighted by Crippen LogP contribution is -2.44. The summed E-state index contributed by atoms with van der Waals surface area (Å²) in [5, 5.41) is 8.55. The van der Waals surface area contributed by atoms with E-state index in [0.717, 1.165) is 24.2 Å². The third kappa shape index (κ3) is 4.97. The van der Waals surface area contributed by atoms with E-state index in [-0.39, 0.29) is 23.8 Å². The summed E-state index contributed by atoms with van der Waals surface area (Å²) in [5.41, 5.74) is 2.48. The molecule has 33 heavy (non-hydrogen) atoms. The quantitative estimate of drug-likeness (QED) is 0.557. The number of likely N-dealkylation sites (tertiary alicyclic amines) is 1. The zero-order valence-electron chi connectivity index (χ0n) is 19.3. The van der Waals surface area contributed by atoms with Gasteiger partial charge in [0.05, 0.1) is 6.20 Å². The minimum Gasteiger partial charge on any atom is -0.343 e. The second-order valence-electron chi connectivity index (χ2n) is 8.38. The van der Waals surface area contributed by atoms with Gasteiger partial charge in [-0.3, -0.25) is 9.59 Å². The van der Waals surface area contributed by atoms with E-state index in [2.05, 4.69) is 34.6 Å². The summed E-state index contributed by atoms with van der Waals surface area (Å²) >= 11 is 0. The Hall–Kier alpha value is -3.48. The van der Waals surface area contributed by atoms with Crippen LogP contribution in [-0.4, -0.2) is 62.8 Å². The Bertz CT molecular complexity index is 1020. The van der Waals surface area contributed by atoms with Gasteiger partial charge in [0.25, 0.3) is 5.91 Å². The van der Waals surface area contributed by atoms with E-state index in [4.69, 9.17) is 0 Å². The maximum absolute atomic E-state index is 13.1. The first kappa shape index (κ1) is 22.7. The molecule has 0 N–H and O–H groups in total. The van der Waals surface area contributed by atoms with Crippen LogP contribution in [0.3, 0.4) is 0 Å². The van der Waals surface area contributed by atoms with Crippen LogP contribution in [0.5, 0.6) is 0 Å². The highest BCUT2D eigenvalue weighted by Gasteiger charge is 2.31. The first-order valence-corrected chi connectivity index (χ1v) is 11.7. The van der Waals surface area contributed by atoms with Crippen LogP contribution in [0.25, 0.3) is 0 Å². The standard InChI is InChI=1S/C26H31N5O2/c1-3-29(4-2)25(32)22-15-17-30(18-16-22)26(33)23-19-31(28-27-23)24(20-11-7-5-8-12-20)21-13-9-6-10-14-21/h5-14,19,22,24H,3-4,15-18H2,1-2H3. The number of benzene rings is 2. The number of carbonyl (C=O) groups excluding carboxylic acids is 2. The summed E-state index contributed by atoms with van der Waals surface area (Å²) in [6, 6.07) is 20.0. The zero-order valence-corrected chi connectivity index (χ0v) is 19.3. The van der Waals surface area contributed by atoms with Gasteiger partial charge in [-0.05, 0) is 37.8 Å². The van der Waals surface area contributed by atoms with Crippen molar-refractivity contribution < 1.29 is 9.59 Å². The smallest absolute Gasteiger partial charge is 0.276 e. The number of rotatable bonds is 7. The number of hydrogen-bond acceptors (Lipinski definition) is 4. The lowest BCUT2D eigenvalue weighted by atomic mass is 9.95. The normalized spacial score (nSPS) is 14.5. The van der Waals surface area contributed by atoms with Crippen molar-refractivity contribution >= 4 is 11.8 Å². The van der Waals surface area contributed by atoms with Gasteiger partial charge < -0.3 is 9.80 Å². The van der Waals surface area contributed by atoms with Gasteiger partial charge in [-0.2, -0.15) is 0 Å². The van der Waals surface area contributed by atoms with Gasteiger partial charge in [0.2, 0.25) is 5.91 Å². The van der Waals surface area contributed by atoms with E-state index in [1.54, 1.807) is 15.8 Å². The molecule has 2 aromatic carbocycles. The van der Waals surface area contributed by atoms with Crippen molar-refractivity contribution in [3.63, 3.8) is 0 Å². The van der Waals surface area contributed by atoms with Crippen molar-refractivity contribution in [1.82, 2.24) is 24.8 Å². The van der Waals surface area contributed by atoms with Gasteiger partial charge in [0.15, 0.2) is 5.69 Å². The van der Waals surface area contributed by atoms with E-state index in [0.29, 0.717) is 31.6 Å². The van der Waals surface area contributed by atoms with Crippen LogP contribution in [0, 0.1) is 5.92 Å². The Kier molecular flexibility index (Phi) is 7.17. The summed E-state index contributed by atoms with van der Waals surface area (Å²) in [4.78, 5) is 29.5. The van der Waals surface area contributed by atoms with Crippen molar-refractivity contribution in [2.45, 2.75) is 32.7 Å². The van der Waals surface area contributed by atoms with Crippen molar-refractivity contribution in [3.05, 3.63) is 83.7 Å². The molecule has 2 heterocycles. The zero-order chi connectivity index (χ0) is 23.2. The largest absolute Gasteiger partial charge is 0.343 e. The number of hydrogen-bond donors (Lipinski definition) is 0. The summed E-state index contributed by atoms with van der Waals surface area (Å²) in [6.45, 7) is 6.57. The summed E-state index contributed by atoms with van der Waals surface area (Å²) in [6.07, 6.45) is 3.11. The van der Waals surface area contributed by atoms with Crippen LogP contribution in [0.15, 0.2) is 66.9 Å². The number of carbonyl (C=O) groups is 2. The van der Waals surface area contributed by atoms with Gasteiger partial charge in [0.1, 0.15) is 6.04 Å². The molecule has 1 aliphatic heterocycles.